The van der Waals surface area contributed by atoms with Gasteiger partial charge in [0, 0.05) is 34.9 Å². The van der Waals surface area contributed by atoms with Crippen molar-refractivity contribution in [2.75, 3.05) is 0 Å². The zero-order chi connectivity index (χ0) is 19.7. The zero-order valence-electron chi connectivity index (χ0n) is 16.6. The van der Waals surface area contributed by atoms with Crippen molar-refractivity contribution in [2.24, 2.45) is 0 Å². The van der Waals surface area contributed by atoms with Crippen LogP contribution in [0.15, 0.2) is 32.0 Å². The van der Waals surface area contributed by atoms with Gasteiger partial charge in [-0.1, -0.05) is 25.7 Å². The number of carbonyl (C=O) groups excluding carboxylic acids is 1. The van der Waals surface area contributed by atoms with Crippen LogP contribution in [0, 0.1) is 13.8 Å². The minimum absolute atomic E-state index is 0.0203. The van der Waals surface area contributed by atoms with E-state index >= 15 is 0 Å². The van der Waals surface area contributed by atoms with Gasteiger partial charge in [0.05, 0.1) is 6.26 Å². The molecule has 4 rings (SSSR count). The second-order valence-electron chi connectivity index (χ2n) is 8.01. The van der Waals surface area contributed by atoms with Crippen LogP contribution in [0.25, 0.3) is 21.9 Å². The smallest absolute Gasteiger partial charge is 0.339 e. The standard InChI is InChI=1S/C23H27NO4/c1-14-13-27-20-12-21-19(11-18(14)20)15(2)17(23(26)28-21)9-10-22(25)24-16-7-5-3-4-6-8-16/h11-13,16H,3-10H2,1-2H3,(H,24,25). The lowest BCUT2D eigenvalue weighted by atomic mass is 10.0. The first kappa shape index (κ1) is 18.8. The Morgan fingerprint density at radius 2 is 1.82 bits per heavy atom. The maximum Gasteiger partial charge on any atom is 0.339 e. The van der Waals surface area contributed by atoms with Gasteiger partial charge in [0.2, 0.25) is 5.91 Å². The van der Waals surface area contributed by atoms with E-state index in [1.54, 1.807) is 12.3 Å². The molecule has 0 radical (unpaired) electrons. The zero-order valence-corrected chi connectivity index (χ0v) is 16.6. The van der Waals surface area contributed by atoms with Gasteiger partial charge in [-0.25, -0.2) is 4.79 Å². The second-order valence-corrected chi connectivity index (χ2v) is 8.01. The Labute approximate surface area is 164 Å². The molecule has 1 fully saturated rings. The molecule has 148 valence electrons. The maximum absolute atomic E-state index is 12.5. The largest absolute Gasteiger partial charge is 0.464 e. The summed E-state index contributed by atoms with van der Waals surface area (Å²) in [4.78, 5) is 24.9. The molecule has 1 amide bonds. The van der Waals surface area contributed by atoms with Crippen molar-refractivity contribution in [3.63, 3.8) is 0 Å². The lowest BCUT2D eigenvalue weighted by molar-refractivity contribution is -0.121. The van der Waals surface area contributed by atoms with Gasteiger partial charge in [0.25, 0.3) is 0 Å². The summed E-state index contributed by atoms with van der Waals surface area (Å²) in [5.74, 6) is 0.0203. The van der Waals surface area contributed by atoms with Crippen LogP contribution in [-0.4, -0.2) is 11.9 Å². The third-order valence-electron chi connectivity index (χ3n) is 6.00. The van der Waals surface area contributed by atoms with Gasteiger partial charge >= 0.3 is 5.63 Å². The van der Waals surface area contributed by atoms with Gasteiger partial charge < -0.3 is 14.2 Å². The lowest BCUT2D eigenvalue weighted by Gasteiger charge is -2.16. The molecule has 28 heavy (non-hydrogen) atoms. The molecule has 1 aliphatic rings. The molecule has 2 heterocycles. The Morgan fingerprint density at radius 3 is 2.57 bits per heavy atom. The normalized spacial score (nSPS) is 15.8. The molecular formula is C23H27NO4. The summed E-state index contributed by atoms with van der Waals surface area (Å²) in [7, 11) is 0. The molecule has 0 aliphatic heterocycles. The van der Waals surface area contributed by atoms with Gasteiger partial charge in [-0.15, -0.1) is 0 Å². The first-order valence-corrected chi connectivity index (χ1v) is 10.3. The Hall–Kier alpha value is -2.56. The number of furan rings is 1. The molecule has 1 aliphatic carbocycles. The molecule has 5 nitrogen and oxygen atoms in total. The summed E-state index contributed by atoms with van der Waals surface area (Å²) < 4.78 is 11.1. The van der Waals surface area contributed by atoms with Crippen molar-refractivity contribution in [1.82, 2.24) is 5.32 Å². The first-order chi connectivity index (χ1) is 13.5. The van der Waals surface area contributed by atoms with E-state index in [1.165, 1.54) is 25.7 Å². The molecular weight excluding hydrogens is 354 g/mol. The summed E-state index contributed by atoms with van der Waals surface area (Å²) in [5, 5.41) is 5.06. The van der Waals surface area contributed by atoms with Crippen LogP contribution in [0.1, 0.15) is 61.6 Å². The highest BCUT2D eigenvalue weighted by Crippen LogP contribution is 2.29. The molecule has 0 atom stereocenters. The second kappa shape index (κ2) is 7.82. The van der Waals surface area contributed by atoms with Crippen LogP contribution >= 0.6 is 0 Å². The number of benzene rings is 1. The average molecular weight is 381 g/mol. The fourth-order valence-electron chi connectivity index (χ4n) is 4.29. The van der Waals surface area contributed by atoms with Crippen molar-refractivity contribution in [3.05, 3.63) is 45.5 Å². The molecule has 3 aromatic rings. The predicted octanol–water partition coefficient (Wildman–Crippen LogP) is 4.93. The topological polar surface area (TPSA) is 72.5 Å². The Kier molecular flexibility index (Phi) is 5.25. The fraction of sp³-hybridized carbons (Fsp3) is 0.478. The number of carbonyl (C=O) groups is 1. The highest BCUT2D eigenvalue weighted by Gasteiger charge is 2.17. The minimum Gasteiger partial charge on any atom is -0.464 e. The highest BCUT2D eigenvalue weighted by molar-refractivity contribution is 5.96. The number of rotatable bonds is 4. The molecule has 5 heteroatoms. The number of hydrogen-bond donors (Lipinski definition) is 1. The van der Waals surface area contributed by atoms with Crippen LogP contribution in [0.4, 0.5) is 0 Å². The third kappa shape index (κ3) is 3.71. The van der Waals surface area contributed by atoms with E-state index in [0.717, 1.165) is 34.7 Å². The first-order valence-electron chi connectivity index (χ1n) is 10.3. The molecule has 0 spiro atoms. The van der Waals surface area contributed by atoms with Crippen LogP contribution in [-0.2, 0) is 11.2 Å². The van der Waals surface area contributed by atoms with Crippen molar-refractivity contribution >= 4 is 27.8 Å². The monoisotopic (exact) mass is 381 g/mol. The minimum atomic E-state index is -0.366. The van der Waals surface area contributed by atoms with Gasteiger partial charge in [-0.2, -0.15) is 0 Å². The predicted molar refractivity (Wildman–Crippen MR) is 110 cm³/mol. The number of hydrogen-bond acceptors (Lipinski definition) is 4. The van der Waals surface area contributed by atoms with E-state index in [1.807, 2.05) is 19.9 Å². The Balaban J connectivity index is 1.54. The number of nitrogens with one attached hydrogen (secondary N) is 1. The van der Waals surface area contributed by atoms with Gasteiger partial charge in [0.15, 0.2) is 0 Å². The third-order valence-corrected chi connectivity index (χ3v) is 6.00. The lowest BCUT2D eigenvalue weighted by Crippen LogP contribution is -2.34. The van der Waals surface area contributed by atoms with Gasteiger partial charge in [0.1, 0.15) is 11.2 Å². The summed E-state index contributed by atoms with van der Waals surface area (Å²) >= 11 is 0. The van der Waals surface area contributed by atoms with Crippen LogP contribution in [0.5, 0.6) is 0 Å². The van der Waals surface area contributed by atoms with Crippen molar-refractivity contribution in [2.45, 2.75) is 71.3 Å². The summed E-state index contributed by atoms with van der Waals surface area (Å²) in [5.41, 5.74) is 3.39. The van der Waals surface area contributed by atoms with E-state index in [9.17, 15) is 9.59 Å². The van der Waals surface area contributed by atoms with Gasteiger partial charge in [-0.3, -0.25) is 4.79 Å². The number of fused-ring (bicyclic) bond motifs is 2. The molecule has 1 aromatic carbocycles. The average Bonchev–Trinajstić information content (AvgIpc) is 2.86. The quantitative estimate of drug-likeness (QED) is 0.514. The molecule has 0 bridgehead atoms. The number of aryl methyl sites for hydroxylation is 2. The summed E-state index contributed by atoms with van der Waals surface area (Å²) in [6.45, 7) is 3.92. The van der Waals surface area contributed by atoms with E-state index in [0.29, 0.717) is 29.6 Å². The number of amides is 1. The van der Waals surface area contributed by atoms with Crippen molar-refractivity contribution in [3.8, 4) is 0 Å². The summed E-state index contributed by atoms with van der Waals surface area (Å²) in [6.07, 6.45) is 9.40. The fourth-order valence-corrected chi connectivity index (χ4v) is 4.29. The Morgan fingerprint density at radius 1 is 1.07 bits per heavy atom. The Bertz CT molecular complexity index is 1070. The van der Waals surface area contributed by atoms with Crippen molar-refractivity contribution < 1.29 is 13.6 Å². The van der Waals surface area contributed by atoms with E-state index < -0.39 is 0 Å². The molecule has 1 saturated carbocycles. The molecule has 0 saturated heterocycles. The van der Waals surface area contributed by atoms with Crippen LogP contribution < -0.4 is 10.9 Å². The highest BCUT2D eigenvalue weighted by atomic mass is 16.4. The summed E-state index contributed by atoms with van der Waals surface area (Å²) in [6, 6.07) is 4.06. The molecule has 1 N–H and O–H groups in total. The van der Waals surface area contributed by atoms with Crippen molar-refractivity contribution in [1.29, 1.82) is 0 Å². The van der Waals surface area contributed by atoms with E-state index in [4.69, 9.17) is 8.83 Å². The van der Waals surface area contributed by atoms with Crippen LogP contribution in [0.3, 0.4) is 0 Å². The maximum atomic E-state index is 12.5. The molecule has 0 unspecified atom stereocenters. The van der Waals surface area contributed by atoms with E-state index in [2.05, 4.69) is 5.32 Å². The van der Waals surface area contributed by atoms with E-state index in [-0.39, 0.29) is 17.6 Å². The van der Waals surface area contributed by atoms with Gasteiger partial charge in [-0.05, 0) is 50.3 Å². The molecule has 2 aromatic heterocycles. The van der Waals surface area contributed by atoms with Crippen LogP contribution in [0.2, 0.25) is 0 Å². The SMILES string of the molecule is Cc1coc2cc3oc(=O)c(CCC(=O)NC4CCCCCC4)c(C)c3cc12.